The molecule has 2 aromatic heterocycles. The van der Waals surface area contributed by atoms with Crippen LogP contribution in [0.2, 0.25) is 0 Å². The van der Waals surface area contributed by atoms with Crippen LogP contribution in [0.4, 0.5) is 0 Å². The molecule has 0 fully saturated rings. The van der Waals surface area contributed by atoms with Gasteiger partial charge < -0.3 is 0 Å². The molecule has 0 spiro atoms. The van der Waals surface area contributed by atoms with Crippen LogP contribution in [0.5, 0.6) is 0 Å². The van der Waals surface area contributed by atoms with Gasteiger partial charge >= 0.3 is 6.17 Å². The Kier molecular flexibility index (Phi) is 2.84. The molecule has 0 unspecified atom stereocenters. The predicted molar refractivity (Wildman–Crippen MR) is 68.6 cm³/mol. The van der Waals surface area contributed by atoms with E-state index in [4.69, 9.17) is 0 Å². The van der Waals surface area contributed by atoms with E-state index in [1.165, 1.54) is 11.4 Å². The van der Waals surface area contributed by atoms with Gasteiger partial charge in [0.1, 0.15) is 0 Å². The van der Waals surface area contributed by atoms with Crippen LogP contribution in [0.3, 0.4) is 0 Å². The maximum Gasteiger partial charge on any atom is 0.349 e. The summed E-state index contributed by atoms with van der Waals surface area (Å²) in [6, 6.07) is 12.9. The number of aromatic nitrogens is 2. The molecule has 92 valence electrons. The van der Waals surface area contributed by atoms with E-state index >= 15 is 0 Å². The van der Waals surface area contributed by atoms with Gasteiger partial charge in [-0.3, -0.25) is 4.90 Å². The number of fused-ring (bicyclic) bond motifs is 2. The van der Waals surface area contributed by atoms with Crippen LogP contribution in [0.15, 0.2) is 48.8 Å². The van der Waals surface area contributed by atoms with E-state index in [2.05, 4.69) is 76.8 Å². The van der Waals surface area contributed by atoms with Crippen LogP contribution in [-0.2, 0) is 13.1 Å². The van der Waals surface area contributed by atoms with E-state index in [0.29, 0.717) is 6.17 Å². The fourth-order valence-electron chi connectivity index (χ4n) is 2.72. The van der Waals surface area contributed by atoms with Gasteiger partial charge in [0.05, 0.1) is 20.0 Å². The van der Waals surface area contributed by atoms with Gasteiger partial charge in [0.2, 0.25) is 11.4 Å². The minimum atomic E-state index is 0.325. The summed E-state index contributed by atoms with van der Waals surface area (Å²) in [5.74, 6) is 0. The van der Waals surface area contributed by atoms with Crippen molar-refractivity contribution < 1.29 is 9.13 Å². The third-order valence-electron chi connectivity index (χ3n) is 3.63. The third-order valence-corrected chi connectivity index (χ3v) is 3.63. The number of pyridine rings is 2. The summed E-state index contributed by atoms with van der Waals surface area (Å²) in [6.07, 6.45) is 4.66. The summed E-state index contributed by atoms with van der Waals surface area (Å²) in [5, 5.41) is 0. The van der Waals surface area contributed by atoms with Crippen molar-refractivity contribution in [2.75, 3.05) is 7.05 Å². The molecule has 0 radical (unpaired) electrons. The van der Waals surface area contributed by atoms with Crippen molar-refractivity contribution in [2.24, 2.45) is 0 Å². The second-order valence-electron chi connectivity index (χ2n) is 5.00. The molecule has 0 bridgehead atoms. The van der Waals surface area contributed by atoms with Gasteiger partial charge in [0.15, 0.2) is 12.4 Å². The summed E-state index contributed by atoms with van der Waals surface area (Å²) in [4.78, 5) is 2.35. The summed E-state index contributed by atoms with van der Waals surface area (Å²) in [7, 11) is 2.17. The summed E-state index contributed by atoms with van der Waals surface area (Å²) >= 11 is 0. The van der Waals surface area contributed by atoms with Crippen molar-refractivity contribution in [1.29, 1.82) is 0 Å². The first-order valence-electron chi connectivity index (χ1n) is 6.42. The lowest BCUT2D eigenvalue weighted by atomic mass is 10.2. The Morgan fingerprint density at radius 3 is 1.94 bits per heavy atom. The van der Waals surface area contributed by atoms with Gasteiger partial charge in [-0.15, -0.1) is 9.13 Å². The molecule has 0 saturated carbocycles. The molecule has 0 amide bonds. The molecule has 18 heavy (non-hydrogen) atoms. The predicted octanol–water partition coefficient (Wildman–Crippen LogP) is 1.27. The van der Waals surface area contributed by atoms with Crippen molar-refractivity contribution in [3.63, 3.8) is 0 Å². The minimum absolute atomic E-state index is 0.325. The highest BCUT2D eigenvalue weighted by atomic mass is 15.2. The first kappa shape index (κ1) is 11.4. The fraction of sp³-hybridized carbons (Fsp3) is 0.333. The van der Waals surface area contributed by atoms with E-state index in [9.17, 15) is 0 Å². The van der Waals surface area contributed by atoms with E-state index < -0.39 is 0 Å². The Morgan fingerprint density at radius 1 is 0.944 bits per heavy atom. The van der Waals surface area contributed by atoms with Gasteiger partial charge in [-0.1, -0.05) is 12.1 Å². The Labute approximate surface area is 108 Å². The molecule has 0 aromatic carbocycles. The molecular weight excluding hydrogens is 222 g/mol. The zero-order valence-corrected chi connectivity index (χ0v) is 11.0. The SMILES string of the molecule is CC1[n+]2ccccc2CN(C)Cc2cccc[n+]21. The van der Waals surface area contributed by atoms with E-state index in [0.717, 1.165) is 13.1 Å². The minimum Gasteiger partial charge on any atom is -0.287 e. The molecule has 3 rings (SSSR count). The van der Waals surface area contributed by atoms with Crippen LogP contribution in [0, 0.1) is 0 Å². The summed E-state index contributed by atoms with van der Waals surface area (Å²) in [5.41, 5.74) is 2.71. The highest BCUT2D eigenvalue weighted by Crippen LogP contribution is 2.08. The average Bonchev–Trinajstić information content (AvgIpc) is 2.38. The zero-order chi connectivity index (χ0) is 12.5. The fourth-order valence-corrected chi connectivity index (χ4v) is 2.72. The molecule has 1 aliphatic rings. The Balaban J connectivity index is 2.17. The van der Waals surface area contributed by atoms with Crippen LogP contribution >= 0.6 is 0 Å². The van der Waals surface area contributed by atoms with Crippen LogP contribution < -0.4 is 9.13 Å². The molecule has 3 heteroatoms. The molecule has 0 N–H and O–H groups in total. The lowest BCUT2D eigenvalue weighted by molar-refractivity contribution is -0.948. The first-order chi connectivity index (χ1) is 8.75. The number of rotatable bonds is 0. The maximum absolute atomic E-state index is 2.35. The highest BCUT2D eigenvalue weighted by molar-refractivity contribution is 5.01. The van der Waals surface area contributed by atoms with Gasteiger partial charge in [-0.2, -0.15) is 0 Å². The number of hydrogen-bond donors (Lipinski definition) is 0. The molecular formula is C15H19N3+2. The van der Waals surface area contributed by atoms with Gasteiger partial charge in [0, 0.05) is 24.3 Å². The zero-order valence-electron chi connectivity index (χ0n) is 11.0. The second kappa shape index (κ2) is 4.50. The quantitative estimate of drug-likeness (QED) is 0.632. The van der Waals surface area contributed by atoms with Crippen molar-refractivity contribution in [2.45, 2.75) is 26.2 Å². The largest absolute Gasteiger partial charge is 0.349 e. The molecule has 0 atom stereocenters. The number of hydrogen-bond acceptors (Lipinski definition) is 1. The average molecular weight is 241 g/mol. The van der Waals surface area contributed by atoms with Gasteiger partial charge in [0.25, 0.3) is 0 Å². The summed E-state index contributed by atoms with van der Waals surface area (Å²) in [6.45, 7) is 4.22. The standard InChI is InChI=1S/C15H19N3/c1-13-17-9-5-3-7-14(17)11-16(2)12-15-8-4-6-10-18(13)15/h3-10,13H,11-12H2,1-2H3/q+2. The van der Waals surface area contributed by atoms with Crippen molar-refractivity contribution in [3.8, 4) is 0 Å². The second-order valence-corrected chi connectivity index (χ2v) is 5.00. The van der Waals surface area contributed by atoms with Crippen molar-refractivity contribution >= 4 is 0 Å². The molecule has 3 nitrogen and oxygen atoms in total. The smallest absolute Gasteiger partial charge is 0.287 e. The van der Waals surface area contributed by atoms with Gasteiger partial charge in [-0.25, -0.2) is 0 Å². The lowest BCUT2D eigenvalue weighted by Gasteiger charge is -2.19. The topological polar surface area (TPSA) is 11.0 Å². The molecule has 3 heterocycles. The van der Waals surface area contributed by atoms with Crippen LogP contribution in [0.1, 0.15) is 24.5 Å². The van der Waals surface area contributed by atoms with Gasteiger partial charge in [-0.05, 0) is 7.05 Å². The maximum atomic E-state index is 2.35. The monoisotopic (exact) mass is 241 g/mol. The highest BCUT2D eigenvalue weighted by Gasteiger charge is 2.31. The number of nitrogens with zero attached hydrogens (tertiary/aromatic N) is 3. The van der Waals surface area contributed by atoms with Crippen LogP contribution in [-0.4, -0.2) is 11.9 Å². The molecule has 1 aliphatic heterocycles. The van der Waals surface area contributed by atoms with Crippen molar-refractivity contribution in [1.82, 2.24) is 4.90 Å². The molecule has 2 aromatic rings. The lowest BCUT2D eigenvalue weighted by Crippen LogP contribution is -2.61. The van der Waals surface area contributed by atoms with E-state index in [1.807, 2.05) is 0 Å². The van der Waals surface area contributed by atoms with E-state index in [-0.39, 0.29) is 0 Å². The Morgan fingerprint density at radius 2 is 1.44 bits per heavy atom. The Hall–Kier alpha value is -1.74. The summed E-state index contributed by atoms with van der Waals surface area (Å²) < 4.78 is 4.69. The molecule has 0 saturated heterocycles. The Bertz CT molecular complexity index is 516. The normalized spacial score (nSPS) is 16.6. The third kappa shape index (κ3) is 1.91. The molecule has 0 aliphatic carbocycles. The van der Waals surface area contributed by atoms with Crippen LogP contribution in [0.25, 0.3) is 0 Å². The first-order valence-corrected chi connectivity index (χ1v) is 6.42. The van der Waals surface area contributed by atoms with E-state index in [1.54, 1.807) is 0 Å². The van der Waals surface area contributed by atoms with Crippen molar-refractivity contribution in [3.05, 3.63) is 60.2 Å².